The van der Waals surface area contributed by atoms with Crippen molar-refractivity contribution < 1.29 is 9.53 Å². The summed E-state index contributed by atoms with van der Waals surface area (Å²) in [5, 5.41) is 3.22. The lowest BCUT2D eigenvalue weighted by atomic mass is 10.3. The average Bonchev–Trinajstić information content (AvgIpc) is 2.62. The minimum Gasteiger partial charge on any atom is -0.380 e. The van der Waals surface area contributed by atoms with Crippen LogP contribution in [0.5, 0.6) is 0 Å². The Bertz CT molecular complexity index is 237. The molecule has 0 N–H and O–H groups in total. The fourth-order valence-corrected chi connectivity index (χ4v) is 1.34. The molecule has 0 aromatic rings. The number of carbonyl (C=O) groups is 1. The van der Waals surface area contributed by atoms with Crippen molar-refractivity contribution in [2.24, 2.45) is 5.11 Å². The molecule has 0 unspecified atom stereocenters. The molecule has 1 aliphatic heterocycles. The first-order valence-electron chi connectivity index (χ1n) is 4.09. The van der Waals surface area contributed by atoms with E-state index in [0.717, 1.165) is 6.42 Å². The molecule has 1 amide bonds. The second-order valence-corrected chi connectivity index (χ2v) is 2.88. The summed E-state index contributed by atoms with van der Waals surface area (Å²) in [5.74, 6) is -0.127. The molecular formula is C7H12N4O2. The van der Waals surface area contributed by atoms with Crippen LogP contribution >= 0.6 is 0 Å². The van der Waals surface area contributed by atoms with Gasteiger partial charge in [0.2, 0.25) is 5.91 Å². The molecule has 0 saturated carbocycles. The second-order valence-electron chi connectivity index (χ2n) is 2.88. The highest BCUT2D eigenvalue weighted by atomic mass is 16.5. The Balaban J connectivity index is 2.37. The van der Waals surface area contributed by atoms with E-state index in [0.29, 0.717) is 13.1 Å². The number of carbonyl (C=O) groups excluding carboxylic acids is 1. The van der Waals surface area contributed by atoms with Crippen molar-refractivity contribution in [1.29, 1.82) is 0 Å². The van der Waals surface area contributed by atoms with Crippen molar-refractivity contribution in [3.63, 3.8) is 0 Å². The first kappa shape index (κ1) is 9.83. The number of rotatable bonds is 3. The maximum atomic E-state index is 11.3. The second kappa shape index (κ2) is 4.69. The highest BCUT2D eigenvalue weighted by Gasteiger charge is 2.24. The average molecular weight is 184 g/mol. The monoisotopic (exact) mass is 184 g/mol. The fourth-order valence-electron chi connectivity index (χ4n) is 1.34. The Morgan fingerprint density at radius 1 is 1.85 bits per heavy atom. The van der Waals surface area contributed by atoms with Crippen LogP contribution in [0.2, 0.25) is 0 Å². The highest BCUT2D eigenvalue weighted by molar-refractivity contribution is 5.78. The lowest BCUT2D eigenvalue weighted by Crippen LogP contribution is -2.31. The van der Waals surface area contributed by atoms with Crippen molar-refractivity contribution in [3.8, 4) is 0 Å². The maximum absolute atomic E-state index is 11.3. The molecule has 0 aromatic heterocycles. The molecule has 1 rings (SSSR count). The van der Waals surface area contributed by atoms with E-state index >= 15 is 0 Å². The van der Waals surface area contributed by atoms with Gasteiger partial charge in [-0.3, -0.25) is 4.79 Å². The van der Waals surface area contributed by atoms with Crippen molar-refractivity contribution in [3.05, 3.63) is 10.4 Å². The normalized spacial score (nSPS) is 21.3. The number of hydrogen-bond acceptors (Lipinski definition) is 3. The molecule has 1 heterocycles. The zero-order chi connectivity index (χ0) is 9.68. The van der Waals surface area contributed by atoms with E-state index in [2.05, 4.69) is 10.0 Å². The van der Waals surface area contributed by atoms with Crippen LogP contribution in [0, 0.1) is 0 Å². The summed E-state index contributed by atoms with van der Waals surface area (Å²) in [6.45, 7) is 1.21. The van der Waals surface area contributed by atoms with Crippen LogP contribution in [-0.4, -0.2) is 43.7 Å². The summed E-state index contributed by atoms with van der Waals surface area (Å²) in [5.41, 5.74) is 8.02. The molecule has 0 bridgehead atoms. The third-order valence-electron chi connectivity index (χ3n) is 2.10. The lowest BCUT2D eigenvalue weighted by molar-refractivity contribution is -0.129. The molecule has 1 saturated heterocycles. The predicted octanol–water partition coefficient (Wildman–Crippen LogP) is 0.544. The Morgan fingerprint density at radius 2 is 2.62 bits per heavy atom. The number of nitrogens with zero attached hydrogens (tertiary/aromatic N) is 4. The Kier molecular flexibility index (Phi) is 3.54. The molecule has 6 nitrogen and oxygen atoms in total. The largest absolute Gasteiger partial charge is 0.380 e. The van der Waals surface area contributed by atoms with Crippen LogP contribution in [-0.2, 0) is 9.53 Å². The molecule has 1 atom stereocenters. The van der Waals surface area contributed by atoms with Gasteiger partial charge in [0.05, 0.1) is 6.10 Å². The summed E-state index contributed by atoms with van der Waals surface area (Å²) in [6, 6.07) is 0. The summed E-state index contributed by atoms with van der Waals surface area (Å²) in [7, 11) is 1.63. The summed E-state index contributed by atoms with van der Waals surface area (Å²) >= 11 is 0. The van der Waals surface area contributed by atoms with Gasteiger partial charge < -0.3 is 9.64 Å². The first-order chi connectivity index (χ1) is 6.27. The zero-order valence-electron chi connectivity index (χ0n) is 7.51. The van der Waals surface area contributed by atoms with Gasteiger partial charge in [-0.2, -0.15) is 0 Å². The van der Waals surface area contributed by atoms with E-state index in [1.165, 1.54) is 0 Å². The smallest absolute Gasteiger partial charge is 0.228 e. The Labute approximate surface area is 76.1 Å². The highest BCUT2D eigenvalue weighted by Crippen LogP contribution is 2.11. The fraction of sp³-hybridized carbons (Fsp3) is 0.857. The van der Waals surface area contributed by atoms with Gasteiger partial charge in [-0.15, -0.1) is 0 Å². The number of hydrogen-bond donors (Lipinski definition) is 0. The maximum Gasteiger partial charge on any atom is 0.228 e. The van der Waals surface area contributed by atoms with Gasteiger partial charge in [0.25, 0.3) is 0 Å². The molecule has 0 aliphatic carbocycles. The third-order valence-corrected chi connectivity index (χ3v) is 2.10. The van der Waals surface area contributed by atoms with E-state index < -0.39 is 0 Å². The van der Waals surface area contributed by atoms with E-state index in [1.54, 1.807) is 12.0 Å². The molecule has 0 radical (unpaired) electrons. The predicted molar refractivity (Wildman–Crippen MR) is 46.0 cm³/mol. The van der Waals surface area contributed by atoms with Crippen molar-refractivity contribution in [1.82, 2.24) is 4.90 Å². The van der Waals surface area contributed by atoms with Crippen molar-refractivity contribution in [2.45, 2.75) is 12.5 Å². The first-order valence-corrected chi connectivity index (χ1v) is 4.09. The quantitative estimate of drug-likeness (QED) is 0.364. The Hall–Kier alpha value is -1.26. The van der Waals surface area contributed by atoms with Crippen LogP contribution < -0.4 is 0 Å². The van der Waals surface area contributed by atoms with Crippen LogP contribution in [0.4, 0.5) is 0 Å². The van der Waals surface area contributed by atoms with Gasteiger partial charge in [-0.1, -0.05) is 5.11 Å². The number of likely N-dealkylation sites (tertiary alicyclic amines) is 1. The zero-order valence-corrected chi connectivity index (χ0v) is 7.51. The van der Waals surface area contributed by atoms with Crippen LogP contribution in [0.15, 0.2) is 5.11 Å². The topological polar surface area (TPSA) is 78.3 Å². The third kappa shape index (κ3) is 2.61. The summed E-state index contributed by atoms with van der Waals surface area (Å²) in [4.78, 5) is 15.5. The van der Waals surface area contributed by atoms with E-state index in [-0.39, 0.29) is 18.6 Å². The molecule has 1 fully saturated rings. The van der Waals surface area contributed by atoms with Gasteiger partial charge in [-0.25, -0.2) is 0 Å². The molecule has 0 aromatic carbocycles. The van der Waals surface area contributed by atoms with Gasteiger partial charge in [-0.05, 0) is 12.0 Å². The number of methoxy groups -OCH3 is 1. The Morgan fingerprint density at radius 3 is 3.15 bits per heavy atom. The molecular weight excluding hydrogens is 172 g/mol. The van der Waals surface area contributed by atoms with Gasteiger partial charge in [0.1, 0.15) is 6.54 Å². The van der Waals surface area contributed by atoms with Crippen LogP contribution in [0.3, 0.4) is 0 Å². The van der Waals surface area contributed by atoms with Gasteiger partial charge in [0.15, 0.2) is 0 Å². The SMILES string of the molecule is CO[C@H]1CCN(C(=O)CN=[N+]=[N-])C1. The van der Waals surface area contributed by atoms with Gasteiger partial charge >= 0.3 is 0 Å². The molecule has 1 aliphatic rings. The summed E-state index contributed by atoms with van der Waals surface area (Å²) in [6.07, 6.45) is 0.994. The van der Waals surface area contributed by atoms with E-state index in [1.807, 2.05) is 0 Å². The minimum atomic E-state index is -0.127. The minimum absolute atomic E-state index is 0.0903. The van der Waals surface area contributed by atoms with E-state index in [4.69, 9.17) is 10.3 Å². The van der Waals surface area contributed by atoms with E-state index in [9.17, 15) is 4.79 Å². The summed E-state index contributed by atoms with van der Waals surface area (Å²) < 4.78 is 5.10. The number of azide groups is 1. The lowest BCUT2D eigenvalue weighted by Gasteiger charge is -2.14. The van der Waals surface area contributed by atoms with Crippen molar-refractivity contribution >= 4 is 5.91 Å². The molecule has 0 spiro atoms. The standard InChI is InChI=1S/C7H12N4O2/c1-13-6-2-3-11(5-6)7(12)4-9-10-8/h6H,2-5H2,1H3/t6-/m0/s1. The molecule has 13 heavy (non-hydrogen) atoms. The number of amides is 1. The molecule has 72 valence electrons. The van der Waals surface area contributed by atoms with Crippen LogP contribution in [0.1, 0.15) is 6.42 Å². The molecule has 6 heteroatoms. The number of ether oxygens (including phenoxy) is 1. The van der Waals surface area contributed by atoms with Crippen molar-refractivity contribution in [2.75, 3.05) is 26.7 Å². The van der Waals surface area contributed by atoms with Gasteiger partial charge in [0, 0.05) is 25.1 Å². The van der Waals surface area contributed by atoms with Crippen LogP contribution in [0.25, 0.3) is 10.4 Å².